The number of alkyl halides is 1. The highest BCUT2D eigenvalue weighted by Gasteiger charge is 2.52. The Morgan fingerprint density at radius 3 is 2.15 bits per heavy atom. The van der Waals surface area contributed by atoms with E-state index in [1.165, 1.54) is 4.68 Å². The zero-order valence-corrected chi connectivity index (χ0v) is 20.4. The molecular weight excluding hydrogens is 493 g/mol. The number of amides is 1. The van der Waals surface area contributed by atoms with Crippen LogP contribution in [0.4, 0.5) is 0 Å². The highest BCUT2D eigenvalue weighted by Crippen LogP contribution is 2.49. The van der Waals surface area contributed by atoms with Crippen LogP contribution in [0.1, 0.15) is 34.5 Å². The Morgan fingerprint density at radius 1 is 0.853 bits per heavy atom. The van der Waals surface area contributed by atoms with Crippen molar-refractivity contribution in [3.8, 4) is 5.69 Å². The molecule has 5 rings (SSSR count). The third-order valence-corrected chi connectivity index (χ3v) is 7.29. The van der Waals surface area contributed by atoms with Crippen LogP contribution in [0.3, 0.4) is 0 Å². The fourth-order valence-corrected chi connectivity index (χ4v) is 5.42. The van der Waals surface area contributed by atoms with Crippen molar-refractivity contribution >= 4 is 40.7 Å². The first kappa shape index (κ1) is 22.8. The van der Waals surface area contributed by atoms with E-state index in [0.717, 1.165) is 5.56 Å². The molecule has 0 aliphatic carbocycles. The van der Waals surface area contributed by atoms with Gasteiger partial charge in [0.15, 0.2) is 0 Å². The summed E-state index contributed by atoms with van der Waals surface area (Å²) in [5.41, 5.74) is 2.83. The van der Waals surface area contributed by atoms with Crippen LogP contribution in [0.15, 0.2) is 83.7 Å². The molecular formula is C26H20Cl3N3O2. The van der Waals surface area contributed by atoms with Gasteiger partial charge in [-0.2, -0.15) is 0 Å². The molecule has 1 amide bonds. The molecule has 0 spiro atoms. The molecule has 0 bridgehead atoms. The van der Waals surface area contributed by atoms with Gasteiger partial charge in [0, 0.05) is 15.7 Å². The fourth-order valence-electron chi connectivity index (χ4n) is 4.57. The van der Waals surface area contributed by atoms with Crippen LogP contribution in [-0.4, -0.2) is 26.0 Å². The number of aryl methyl sites for hydroxylation is 1. The highest BCUT2D eigenvalue weighted by molar-refractivity contribution is 6.35. The minimum Gasteiger partial charge on any atom is -0.321 e. The first-order valence-electron chi connectivity index (χ1n) is 10.7. The Balaban J connectivity index is 1.72. The van der Waals surface area contributed by atoms with E-state index in [4.69, 9.17) is 34.8 Å². The van der Waals surface area contributed by atoms with Gasteiger partial charge in [-0.3, -0.25) is 14.7 Å². The number of nitrogens with one attached hydrogen (secondary N) is 1. The third kappa shape index (κ3) is 3.65. The van der Waals surface area contributed by atoms with Gasteiger partial charge in [0.2, 0.25) is 5.91 Å². The number of carbonyl (C=O) groups is 1. The molecule has 0 radical (unpaired) electrons. The highest BCUT2D eigenvalue weighted by atomic mass is 35.5. The van der Waals surface area contributed by atoms with Crippen molar-refractivity contribution in [1.82, 2.24) is 14.7 Å². The third-order valence-electron chi connectivity index (χ3n) is 6.17. The summed E-state index contributed by atoms with van der Waals surface area (Å²) in [7, 11) is 0. The number of aromatic amines is 1. The van der Waals surface area contributed by atoms with Crippen molar-refractivity contribution in [1.29, 1.82) is 0 Å². The van der Waals surface area contributed by atoms with Gasteiger partial charge >= 0.3 is 0 Å². The zero-order valence-electron chi connectivity index (χ0n) is 18.1. The first-order valence-corrected chi connectivity index (χ1v) is 11.9. The van der Waals surface area contributed by atoms with E-state index in [0.29, 0.717) is 32.6 Å². The average Bonchev–Trinajstić information content (AvgIpc) is 3.14. The molecule has 34 heavy (non-hydrogen) atoms. The van der Waals surface area contributed by atoms with Crippen LogP contribution in [-0.2, 0) is 4.79 Å². The van der Waals surface area contributed by atoms with Gasteiger partial charge in [-0.05, 0) is 42.3 Å². The minimum atomic E-state index is -0.805. The number of hydrogen-bond donors (Lipinski definition) is 1. The smallest absolute Gasteiger partial charge is 0.277 e. The van der Waals surface area contributed by atoms with Crippen molar-refractivity contribution in [2.75, 3.05) is 0 Å². The van der Waals surface area contributed by atoms with E-state index in [9.17, 15) is 9.59 Å². The molecule has 1 aromatic heterocycles. The lowest BCUT2D eigenvalue weighted by molar-refractivity contribution is -0.148. The van der Waals surface area contributed by atoms with Crippen LogP contribution in [0, 0.1) is 6.92 Å². The molecule has 4 aromatic rings. The largest absolute Gasteiger partial charge is 0.321 e. The molecule has 1 aliphatic rings. The number of para-hydroxylation sites is 1. The maximum Gasteiger partial charge on any atom is 0.277 e. The summed E-state index contributed by atoms with van der Waals surface area (Å²) in [5.74, 6) is -0.289. The molecule has 3 atom stereocenters. The van der Waals surface area contributed by atoms with E-state index in [-0.39, 0.29) is 11.5 Å². The maximum absolute atomic E-state index is 13.8. The standard InChI is InChI=1S/C26H20Cl3N3O2/c1-15-21(25(33)32(30-15)16-9-3-2-4-10-16)23(17-11-5-7-13-19(17)27)31-24(22(29)26(31)34)18-12-6-8-14-20(18)28/h2-14,22-24,30H,1H3. The second kappa shape index (κ2) is 8.99. The van der Waals surface area contributed by atoms with E-state index < -0.39 is 17.5 Å². The summed E-state index contributed by atoms with van der Waals surface area (Å²) in [4.78, 5) is 28.6. The van der Waals surface area contributed by atoms with E-state index in [1.54, 1.807) is 17.0 Å². The number of hydrogen-bond acceptors (Lipinski definition) is 2. The predicted molar refractivity (Wildman–Crippen MR) is 135 cm³/mol. The lowest BCUT2D eigenvalue weighted by Gasteiger charge is -2.49. The number of H-pyrrole nitrogens is 1. The number of aromatic nitrogens is 2. The van der Waals surface area contributed by atoms with Gasteiger partial charge in [0.1, 0.15) is 5.38 Å². The Bertz CT molecular complexity index is 1430. The van der Waals surface area contributed by atoms with Crippen molar-refractivity contribution in [3.63, 3.8) is 0 Å². The molecule has 172 valence electrons. The second-order valence-corrected chi connectivity index (χ2v) is 9.45. The van der Waals surface area contributed by atoms with Gasteiger partial charge in [-0.25, -0.2) is 4.68 Å². The predicted octanol–water partition coefficient (Wildman–Crippen LogP) is 6.06. The van der Waals surface area contributed by atoms with Gasteiger partial charge in [0.05, 0.1) is 23.3 Å². The topological polar surface area (TPSA) is 58.1 Å². The molecule has 1 fully saturated rings. The number of halogens is 3. The summed E-state index contributed by atoms with van der Waals surface area (Å²) in [6, 6.07) is 22.5. The van der Waals surface area contributed by atoms with Crippen LogP contribution >= 0.6 is 34.8 Å². The number of β-lactam (4-membered cyclic amide) rings is 1. The van der Waals surface area contributed by atoms with Crippen molar-refractivity contribution in [2.24, 2.45) is 0 Å². The van der Waals surface area contributed by atoms with Crippen LogP contribution in [0.2, 0.25) is 10.0 Å². The normalized spacial score (nSPS) is 18.6. The Hall–Kier alpha value is -2.99. The van der Waals surface area contributed by atoms with Gasteiger partial charge in [-0.1, -0.05) is 77.8 Å². The number of carbonyl (C=O) groups excluding carboxylic acids is 1. The lowest BCUT2D eigenvalue weighted by Crippen LogP contribution is -2.58. The van der Waals surface area contributed by atoms with Gasteiger partial charge < -0.3 is 4.90 Å². The fraction of sp³-hybridized carbons (Fsp3) is 0.154. The van der Waals surface area contributed by atoms with Crippen LogP contribution < -0.4 is 5.56 Å². The van der Waals surface area contributed by atoms with Gasteiger partial charge in [0.25, 0.3) is 5.56 Å². The summed E-state index contributed by atoms with van der Waals surface area (Å²) in [6.45, 7) is 1.81. The average molecular weight is 513 g/mol. The maximum atomic E-state index is 13.8. The van der Waals surface area contributed by atoms with Crippen LogP contribution in [0.5, 0.6) is 0 Å². The minimum absolute atomic E-state index is 0.266. The van der Waals surface area contributed by atoms with Crippen molar-refractivity contribution in [2.45, 2.75) is 24.4 Å². The first-order chi connectivity index (χ1) is 16.4. The molecule has 5 nitrogen and oxygen atoms in total. The van der Waals surface area contributed by atoms with Crippen molar-refractivity contribution in [3.05, 3.63) is 122 Å². The number of rotatable bonds is 5. The van der Waals surface area contributed by atoms with Gasteiger partial charge in [-0.15, -0.1) is 11.6 Å². The molecule has 3 aromatic carbocycles. The Morgan fingerprint density at radius 2 is 1.47 bits per heavy atom. The molecule has 8 heteroatoms. The lowest BCUT2D eigenvalue weighted by atomic mass is 9.86. The summed E-state index contributed by atoms with van der Waals surface area (Å²) < 4.78 is 1.47. The molecule has 2 heterocycles. The second-order valence-electron chi connectivity index (χ2n) is 8.16. The quantitative estimate of drug-likeness (QED) is 0.261. The summed E-state index contributed by atoms with van der Waals surface area (Å²) in [6.07, 6.45) is 0. The van der Waals surface area contributed by atoms with E-state index >= 15 is 0 Å². The molecule has 1 N–H and O–H groups in total. The number of likely N-dealkylation sites (tertiary alicyclic amines) is 1. The number of benzene rings is 3. The Kier molecular flexibility index (Phi) is 6.02. The Labute approximate surface area is 211 Å². The van der Waals surface area contributed by atoms with Crippen molar-refractivity contribution < 1.29 is 4.79 Å². The van der Waals surface area contributed by atoms with Crippen LogP contribution in [0.25, 0.3) is 5.69 Å². The molecule has 1 aliphatic heterocycles. The molecule has 3 unspecified atom stereocenters. The van der Waals surface area contributed by atoms with E-state index in [2.05, 4.69) is 5.10 Å². The zero-order chi connectivity index (χ0) is 24.0. The summed E-state index contributed by atoms with van der Waals surface area (Å²) >= 11 is 19.6. The SMILES string of the molecule is Cc1[nH]n(-c2ccccc2)c(=O)c1C(c1ccccc1Cl)N1C(=O)C(Cl)C1c1ccccc1Cl. The monoisotopic (exact) mass is 511 g/mol. The summed E-state index contributed by atoms with van der Waals surface area (Å²) in [5, 5.41) is 3.30. The van der Waals surface area contributed by atoms with E-state index in [1.807, 2.05) is 73.7 Å². The molecule has 0 saturated carbocycles. The number of nitrogens with zero attached hydrogens (tertiary/aromatic N) is 2. The molecule has 1 saturated heterocycles.